The van der Waals surface area contributed by atoms with Gasteiger partial charge >= 0.3 is 0 Å². The van der Waals surface area contributed by atoms with Crippen LogP contribution < -0.4 is 14.4 Å². The molecular weight excluding hydrogens is 538 g/mol. The number of hydrogen-bond donors (Lipinski definition) is 1. The molecule has 2 amide bonds. The summed E-state index contributed by atoms with van der Waals surface area (Å²) < 4.78 is 34.2. The van der Waals surface area contributed by atoms with Gasteiger partial charge in [-0.1, -0.05) is 70.2 Å². The van der Waals surface area contributed by atoms with Crippen molar-refractivity contribution in [2.75, 3.05) is 24.5 Å². The van der Waals surface area contributed by atoms with Crippen molar-refractivity contribution < 1.29 is 22.7 Å². The molecule has 0 unspecified atom stereocenters. The summed E-state index contributed by atoms with van der Waals surface area (Å²) in [6.45, 7) is 9.81. The summed E-state index contributed by atoms with van der Waals surface area (Å²) in [5, 5.41) is 2.89. The molecule has 0 heterocycles. The van der Waals surface area contributed by atoms with Gasteiger partial charge in [0.25, 0.3) is 10.0 Å². The van der Waals surface area contributed by atoms with Crippen LogP contribution in [0.3, 0.4) is 0 Å². The number of sulfonamides is 1. The van der Waals surface area contributed by atoms with Crippen LogP contribution in [0.4, 0.5) is 5.69 Å². The highest BCUT2D eigenvalue weighted by atomic mass is 32.2. The molecule has 9 heteroatoms. The Balaban J connectivity index is 2.02. The van der Waals surface area contributed by atoms with Crippen LogP contribution in [-0.2, 0) is 26.2 Å². The first kappa shape index (κ1) is 31.7. The largest absolute Gasteiger partial charge is 0.497 e. The predicted molar refractivity (Wildman–Crippen MR) is 162 cm³/mol. The Morgan fingerprint density at radius 3 is 2.12 bits per heavy atom. The molecule has 3 aromatic rings. The fourth-order valence-electron chi connectivity index (χ4n) is 4.28. The van der Waals surface area contributed by atoms with E-state index in [1.165, 1.54) is 17.0 Å². The van der Waals surface area contributed by atoms with Crippen LogP contribution in [0.25, 0.3) is 0 Å². The number of rotatable bonds is 13. The quantitative estimate of drug-likeness (QED) is 0.300. The molecule has 0 radical (unpaired) electrons. The van der Waals surface area contributed by atoms with Gasteiger partial charge in [-0.15, -0.1) is 0 Å². The summed E-state index contributed by atoms with van der Waals surface area (Å²) in [5.74, 6) is 0.286. The van der Waals surface area contributed by atoms with Gasteiger partial charge in [-0.25, -0.2) is 8.42 Å². The molecule has 3 rings (SSSR count). The van der Waals surface area contributed by atoms with Crippen molar-refractivity contribution in [3.8, 4) is 5.75 Å². The number of methoxy groups -OCH3 is 1. The standard InChI is InChI=1S/C32H41N3O5S/c1-23(2)20-33-32(37)25(5)34(21-26-11-10-12-29(19-26)40-6)31(36)22-35(28-17-15-27(16-18-28)24(3)4)41(38,39)30-13-8-7-9-14-30/h7-19,23-25H,20-22H2,1-6H3,(H,33,37)/t25-/m0/s1. The monoisotopic (exact) mass is 579 g/mol. The number of nitrogens with zero attached hydrogens (tertiary/aromatic N) is 2. The molecule has 0 aliphatic heterocycles. The zero-order valence-electron chi connectivity index (χ0n) is 24.7. The molecule has 0 aromatic heterocycles. The maximum absolute atomic E-state index is 14.0. The van der Waals surface area contributed by atoms with E-state index in [1.54, 1.807) is 56.5 Å². The molecule has 0 saturated heterocycles. The topological polar surface area (TPSA) is 96.0 Å². The molecule has 0 bridgehead atoms. The first-order chi connectivity index (χ1) is 19.4. The van der Waals surface area contributed by atoms with Crippen LogP contribution in [0.1, 0.15) is 51.7 Å². The second-order valence-electron chi connectivity index (χ2n) is 10.8. The average molecular weight is 580 g/mol. The Labute approximate surface area is 244 Å². The Morgan fingerprint density at radius 2 is 1.54 bits per heavy atom. The van der Waals surface area contributed by atoms with Gasteiger partial charge in [0, 0.05) is 13.1 Å². The molecule has 8 nitrogen and oxygen atoms in total. The van der Waals surface area contributed by atoms with Crippen molar-refractivity contribution in [2.45, 2.75) is 58.0 Å². The molecule has 1 N–H and O–H groups in total. The van der Waals surface area contributed by atoms with Crippen molar-refractivity contribution in [1.82, 2.24) is 10.2 Å². The maximum Gasteiger partial charge on any atom is 0.264 e. The smallest absolute Gasteiger partial charge is 0.264 e. The summed E-state index contributed by atoms with van der Waals surface area (Å²) in [6.07, 6.45) is 0. The van der Waals surface area contributed by atoms with Crippen molar-refractivity contribution in [3.63, 3.8) is 0 Å². The van der Waals surface area contributed by atoms with Gasteiger partial charge < -0.3 is 15.0 Å². The third-order valence-electron chi connectivity index (χ3n) is 6.80. The van der Waals surface area contributed by atoms with E-state index in [9.17, 15) is 18.0 Å². The van der Waals surface area contributed by atoms with Gasteiger partial charge in [0.15, 0.2) is 0 Å². The molecule has 220 valence electrons. The van der Waals surface area contributed by atoms with Crippen molar-refractivity contribution >= 4 is 27.5 Å². The molecule has 41 heavy (non-hydrogen) atoms. The SMILES string of the molecule is COc1cccc(CN(C(=O)CN(c2ccc(C(C)C)cc2)S(=O)(=O)c2ccccc2)[C@@H](C)C(=O)NCC(C)C)c1. The number of nitrogens with one attached hydrogen (secondary N) is 1. The van der Waals surface area contributed by atoms with Crippen molar-refractivity contribution in [2.24, 2.45) is 5.92 Å². The van der Waals surface area contributed by atoms with Crippen LogP contribution >= 0.6 is 0 Å². The first-order valence-corrected chi connectivity index (χ1v) is 15.3. The van der Waals surface area contributed by atoms with Crippen LogP contribution in [0.2, 0.25) is 0 Å². The fourth-order valence-corrected chi connectivity index (χ4v) is 5.71. The summed E-state index contributed by atoms with van der Waals surface area (Å²) in [7, 11) is -2.55. The highest BCUT2D eigenvalue weighted by molar-refractivity contribution is 7.92. The van der Waals surface area contributed by atoms with Gasteiger partial charge in [0.05, 0.1) is 17.7 Å². The van der Waals surface area contributed by atoms with Crippen LogP contribution in [-0.4, -0.2) is 51.4 Å². The summed E-state index contributed by atoms with van der Waals surface area (Å²) in [4.78, 5) is 28.6. The number of anilines is 1. The predicted octanol–water partition coefficient (Wildman–Crippen LogP) is 5.20. The van der Waals surface area contributed by atoms with Crippen LogP contribution in [0.15, 0.2) is 83.8 Å². The van der Waals surface area contributed by atoms with Crippen LogP contribution in [0.5, 0.6) is 5.75 Å². The Hall–Kier alpha value is -3.85. The Bertz CT molecular complexity index is 1410. The number of hydrogen-bond acceptors (Lipinski definition) is 5. The van der Waals surface area contributed by atoms with E-state index in [1.807, 2.05) is 38.1 Å². The van der Waals surface area contributed by atoms with E-state index in [2.05, 4.69) is 19.2 Å². The number of ether oxygens (including phenoxy) is 1. The highest BCUT2D eigenvalue weighted by Crippen LogP contribution is 2.27. The van der Waals surface area contributed by atoms with Crippen molar-refractivity contribution in [3.05, 3.63) is 90.0 Å². The molecule has 3 aromatic carbocycles. The third kappa shape index (κ3) is 8.33. The van der Waals surface area contributed by atoms with E-state index in [0.29, 0.717) is 18.0 Å². The molecule has 1 atom stereocenters. The first-order valence-electron chi connectivity index (χ1n) is 13.8. The lowest BCUT2D eigenvalue weighted by Crippen LogP contribution is -2.51. The van der Waals surface area contributed by atoms with E-state index in [4.69, 9.17) is 4.74 Å². The lowest BCUT2D eigenvalue weighted by molar-refractivity contribution is -0.139. The normalized spacial score (nSPS) is 12.2. The number of carbonyl (C=O) groups is 2. The molecule has 0 aliphatic rings. The van der Waals surface area contributed by atoms with E-state index in [0.717, 1.165) is 15.4 Å². The van der Waals surface area contributed by atoms with Gasteiger partial charge in [0.1, 0.15) is 18.3 Å². The van der Waals surface area contributed by atoms with E-state index < -0.39 is 28.5 Å². The van der Waals surface area contributed by atoms with Gasteiger partial charge in [-0.2, -0.15) is 0 Å². The van der Waals surface area contributed by atoms with Gasteiger partial charge in [0.2, 0.25) is 11.8 Å². The van der Waals surface area contributed by atoms with E-state index in [-0.39, 0.29) is 29.2 Å². The zero-order chi connectivity index (χ0) is 30.2. The van der Waals surface area contributed by atoms with Gasteiger partial charge in [-0.05, 0) is 66.3 Å². The summed E-state index contributed by atoms with van der Waals surface area (Å²) in [5.41, 5.74) is 2.16. The zero-order valence-corrected chi connectivity index (χ0v) is 25.5. The maximum atomic E-state index is 14.0. The molecule has 0 fully saturated rings. The number of amides is 2. The Morgan fingerprint density at radius 1 is 0.878 bits per heavy atom. The highest BCUT2D eigenvalue weighted by Gasteiger charge is 2.32. The molecule has 0 saturated carbocycles. The summed E-state index contributed by atoms with van der Waals surface area (Å²) in [6, 6.07) is 21.6. The summed E-state index contributed by atoms with van der Waals surface area (Å²) >= 11 is 0. The lowest BCUT2D eigenvalue weighted by atomic mass is 10.0. The van der Waals surface area contributed by atoms with Crippen LogP contribution in [0, 0.1) is 5.92 Å². The fraction of sp³-hybridized carbons (Fsp3) is 0.375. The minimum atomic E-state index is -4.10. The minimum Gasteiger partial charge on any atom is -0.497 e. The second-order valence-corrected chi connectivity index (χ2v) is 12.6. The average Bonchev–Trinajstić information content (AvgIpc) is 2.97. The second kappa shape index (κ2) is 14.2. The molecule has 0 aliphatic carbocycles. The minimum absolute atomic E-state index is 0.0720. The molecular formula is C32H41N3O5S. The third-order valence-corrected chi connectivity index (χ3v) is 8.58. The lowest BCUT2D eigenvalue weighted by Gasteiger charge is -2.32. The Kier molecular flexibility index (Phi) is 10.9. The van der Waals surface area contributed by atoms with Crippen molar-refractivity contribution in [1.29, 1.82) is 0 Å². The molecule has 0 spiro atoms. The number of carbonyl (C=O) groups excluding carboxylic acids is 2. The van der Waals surface area contributed by atoms with Gasteiger partial charge in [-0.3, -0.25) is 13.9 Å². The van der Waals surface area contributed by atoms with E-state index >= 15 is 0 Å². The number of benzene rings is 3.